The summed E-state index contributed by atoms with van der Waals surface area (Å²) in [6, 6.07) is 5.97. The number of imide groups is 1. The normalized spacial score (nSPS) is 11.4. The average molecular weight is 321 g/mol. The van der Waals surface area contributed by atoms with Crippen LogP contribution in [-0.4, -0.2) is 53.6 Å². The predicted molar refractivity (Wildman–Crippen MR) is 86.0 cm³/mol. The van der Waals surface area contributed by atoms with Gasteiger partial charge in [0.2, 0.25) is 0 Å². The molecule has 1 rings (SSSR count). The topological polar surface area (TPSA) is 90.0 Å². The summed E-state index contributed by atoms with van der Waals surface area (Å²) in [5, 5.41) is 11.8. The largest absolute Gasteiger partial charge is 0.479 e. The van der Waals surface area contributed by atoms with Crippen LogP contribution in [0.2, 0.25) is 0 Å². The lowest BCUT2D eigenvalue weighted by Gasteiger charge is -2.26. The quantitative estimate of drug-likeness (QED) is 0.841. The molecule has 0 aliphatic rings. The maximum absolute atomic E-state index is 12.4. The second-order valence-corrected chi connectivity index (χ2v) is 5.31. The number of unbranched alkanes of at least 4 members (excludes halogenated alkanes) is 1. The van der Waals surface area contributed by atoms with Crippen LogP contribution in [-0.2, 0) is 4.79 Å². The molecule has 2 N–H and O–H groups in total. The Morgan fingerprint density at radius 2 is 1.78 bits per heavy atom. The molecule has 0 aliphatic carbocycles. The van der Waals surface area contributed by atoms with Crippen molar-refractivity contribution in [1.82, 2.24) is 15.1 Å². The van der Waals surface area contributed by atoms with Crippen LogP contribution in [0, 0.1) is 0 Å². The second kappa shape index (κ2) is 8.77. The van der Waals surface area contributed by atoms with Crippen LogP contribution in [0.15, 0.2) is 30.3 Å². The first-order chi connectivity index (χ1) is 10.9. The van der Waals surface area contributed by atoms with E-state index in [4.69, 9.17) is 0 Å². The van der Waals surface area contributed by atoms with Crippen LogP contribution in [0.25, 0.3) is 0 Å². The highest BCUT2D eigenvalue weighted by Gasteiger charge is 2.28. The lowest BCUT2D eigenvalue weighted by Crippen LogP contribution is -2.50. The number of aliphatic carboxylic acids is 1. The van der Waals surface area contributed by atoms with E-state index in [0.717, 1.165) is 11.3 Å². The minimum absolute atomic E-state index is 0.237. The number of nitrogens with one attached hydrogen (secondary N) is 1. The SMILES string of the molecule is CCCCN(C(=O)NC(C(=O)O)c1ccccc1)C(=O)N(C)C. The molecule has 7 heteroatoms. The van der Waals surface area contributed by atoms with Crippen molar-refractivity contribution in [2.75, 3.05) is 20.6 Å². The Morgan fingerprint density at radius 3 is 2.26 bits per heavy atom. The van der Waals surface area contributed by atoms with Crippen molar-refractivity contribution in [3.8, 4) is 0 Å². The molecule has 0 spiro atoms. The van der Waals surface area contributed by atoms with E-state index in [1.165, 1.54) is 4.90 Å². The van der Waals surface area contributed by atoms with Crippen LogP contribution in [0.1, 0.15) is 31.4 Å². The van der Waals surface area contributed by atoms with E-state index < -0.39 is 24.1 Å². The fourth-order valence-electron chi connectivity index (χ4n) is 1.98. The molecule has 0 fully saturated rings. The number of carboxylic acid groups (broad SMARTS) is 1. The molecule has 0 saturated carbocycles. The molecular formula is C16H23N3O4. The van der Waals surface area contributed by atoms with Crippen molar-refractivity contribution in [3.63, 3.8) is 0 Å². The molecule has 0 aliphatic heterocycles. The summed E-state index contributed by atoms with van der Waals surface area (Å²) < 4.78 is 0. The average Bonchev–Trinajstić information content (AvgIpc) is 2.53. The van der Waals surface area contributed by atoms with Crippen LogP contribution >= 0.6 is 0 Å². The van der Waals surface area contributed by atoms with Crippen molar-refractivity contribution >= 4 is 18.0 Å². The third kappa shape index (κ3) is 5.28. The van der Waals surface area contributed by atoms with Crippen LogP contribution < -0.4 is 5.32 Å². The molecule has 0 heterocycles. The zero-order chi connectivity index (χ0) is 17.4. The van der Waals surface area contributed by atoms with Crippen molar-refractivity contribution in [2.24, 2.45) is 0 Å². The number of hydrogen-bond acceptors (Lipinski definition) is 3. The summed E-state index contributed by atoms with van der Waals surface area (Å²) in [7, 11) is 3.08. The van der Waals surface area contributed by atoms with Crippen LogP contribution in [0.3, 0.4) is 0 Å². The third-order valence-electron chi connectivity index (χ3n) is 3.24. The second-order valence-electron chi connectivity index (χ2n) is 5.31. The van der Waals surface area contributed by atoms with Crippen molar-refractivity contribution < 1.29 is 19.5 Å². The Kier molecular flexibility index (Phi) is 7.05. The molecular weight excluding hydrogens is 298 g/mol. The maximum atomic E-state index is 12.4. The Hall–Kier alpha value is -2.57. The van der Waals surface area contributed by atoms with Crippen molar-refractivity contribution in [3.05, 3.63) is 35.9 Å². The highest BCUT2D eigenvalue weighted by molar-refractivity contribution is 5.95. The zero-order valence-electron chi connectivity index (χ0n) is 13.7. The number of hydrogen-bond donors (Lipinski definition) is 2. The first kappa shape index (κ1) is 18.5. The monoisotopic (exact) mass is 321 g/mol. The summed E-state index contributed by atoms with van der Waals surface area (Å²) in [6.45, 7) is 2.18. The standard InChI is InChI=1S/C16H23N3O4/c1-4-5-11-19(16(23)18(2)3)15(22)17-13(14(20)21)12-9-7-6-8-10-12/h6-10,13H,4-5,11H2,1-3H3,(H,17,22)(H,20,21). The molecule has 1 unspecified atom stereocenters. The molecule has 1 aromatic rings. The Morgan fingerprint density at radius 1 is 1.17 bits per heavy atom. The number of benzene rings is 1. The van der Waals surface area contributed by atoms with E-state index in [0.29, 0.717) is 12.0 Å². The van der Waals surface area contributed by atoms with Gasteiger partial charge in [-0.25, -0.2) is 19.3 Å². The van der Waals surface area contributed by atoms with Gasteiger partial charge >= 0.3 is 18.0 Å². The molecule has 1 atom stereocenters. The Bertz CT molecular complexity index is 546. The number of nitrogens with zero attached hydrogens (tertiary/aromatic N) is 2. The molecule has 23 heavy (non-hydrogen) atoms. The summed E-state index contributed by atoms with van der Waals surface area (Å²) in [6.07, 6.45) is 1.46. The molecule has 0 radical (unpaired) electrons. The number of carbonyl (C=O) groups excluding carboxylic acids is 2. The summed E-state index contributed by atoms with van der Waals surface area (Å²) in [5.41, 5.74) is 0.445. The van der Waals surface area contributed by atoms with Gasteiger partial charge in [-0.05, 0) is 12.0 Å². The molecule has 4 amide bonds. The van der Waals surface area contributed by atoms with Gasteiger partial charge in [0.1, 0.15) is 0 Å². The van der Waals surface area contributed by atoms with Crippen molar-refractivity contribution in [2.45, 2.75) is 25.8 Å². The summed E-state index contributed by atoms with van der Waals surface area (Å²) in [4.78, 5) is 38.3. The number of carbonyl (C=O) groups is 3. The number of urea groups is 2. The Labute approximate surface area is 135 Å². The molecule has 0 saturated heterocycles. The maximum Gasteiger partial charge on any atom is 0.330 e. The van der Waals surface area contributed by atoms with Crippen LogP contribution in [0.5, 0.6) is 0 Å². The van der Waals surface area contributed by atoms with Crippen LogP contribution in [0.4, 0.5) is 9.59 Å². The van der Waals surface area contributed by atoms with Gasteiger partial charge in [0.05, 0.1) is 0 Å². The minimum Gasteiger partial charge on any atom is -0.479 e. The summed E-state index contributed by atoms with van der Waals surface area (Å²) >= 11 is 0. The van der Waals surface area contributed by atoms with E-state index in [2.05, 4.69) is 5.32 Å². The van der Waals surface area contributed by atoms with Gasteiger partial charge in [-0.15, -0.1) is 0 Å². The third-order valence-corrected chi connectivity index (χ3v) is 3.24. The number of rotatable bonds is 6. The van der Waals surface area contributed by atoms with Crippen molar-refractivity contribution in [1.29, 1.82) is 0 Å². The van der Waals surface area contributed by atoms with E-state index in [-0.39, 0.29) is 6.54 Å². The highest BCUT2D eigenvalue weighted by Crippen LogP contribution is 2.14. The molecule has 1 aromatic carbocycles. The van der Waals surface area contributed by atoms with E-state index in [9.17, 15) is 19.5 Å². The van der Waals surface area contributed by atoms with E-state index in [1.54, 1.807) is 44.4 Å². The van der Waals surface area contributed by atoms with Gasteiger partial charge in [0.25, 0.3) is 0 Å². The Balaban J connectivity index is 2.93. The molecule has 126 valence electrons. The number of carboxylic acids is 1. The lowest BCUT2D eigenvalue weighted by molar-refractivity contribution is -0.139. The van der Waals surface area contributed by atoms with Gasteiger partial charge in [0, 0.05) is 20.6 Å². The minimum atomic E-state index is -1.21. The first-order valence-corrected chi connectivity index (χ1v) is 7.45. The van der Waals surface area contributed by atoms with Gasteiger partial charge in [-0.1, -0.05) is 43.7 Å². The van der Waals surface area contributed by atoms with Gasteiger partial charge < -0.3 is 15.3 Å². The van der Waals surface area contributed by atoms with E-state index >= 15 is 0 Å². The van der Waals surface area contributed by atoms with Gasteiger partial charge in [-0.2, -0.15) is 0 Å². The highest BCUT2D eigenvalue weighted by atomic mass is 16.4. The predicted octanol–water partition coefficient (Wildman–Crippen LogP) is 2.31. The lowest BCUT2D eigenvalue weighted by atomic mass is 10.1. The smallest absolute Gasteiger partial charge is 0.330 e. The summed E-state index contributed by atoms with van der Waals surface area (Å²) in [5.74, 6) is -1.18. The van der Waals surface area contributed by atoms with Gasteiger partial charge in [0.15, 0.2) is 6.04 Å². The van der Waals surface area contributed by atoms with Gasteiger partial charge in [-0.3, -0.25) is 0 Å². The van der Waals surface area contributed by atoms with E-state index in [1.807, 2.05) is 6.92 Å². The molecule has 7 nitrogen and oxygen atoms in total. The first-order valence-electron chi connectivity index (χ1n) is 7.45. The fourth-order valence-corrected chi connectivity index (χ4v) is 1.98. The molecule has 0 bridgehead atoms. The fraction of sp³-hybridized carbons (Fsp3) is 0.438. The zero-order valence-corrected chi connectivity index (χ0v) is 13.7. The number of amides is 4. The molecule has 0 aromatic heterocycles.